The van der Waals surface area contributed by atoms with Crippen molar-refractivity contribution in [3.63, 3.8) is 0 Å². The fourth-order valence-electron chi connectivity index (χ4n) is 1.42. The van der Waals surface area contributed by atoms with Gasteiger partial charge in [0.1, 0.15) is 5.15 Å². The molecule has 0 unspecified atom stereocenters. The summed E-state index contributed by atoms with van der Waals surface area (Å²) in [6.07, 6.45) is -9.76. The number of aliphatic hydroxyl groups is 2. The van der Waals surface area contributed by atoms with Gasteiger partial charge < -0.3 is 14.7 Å². The number of pyridine rings is 1. The van der Waals surface area contributed by atoms with Crippen molar-refractivity contribution in [2.24, 2.45) is 0 Å². The minimum Gasteiger partial charge on any atom is -0.355 e. The van der Waals surface area contributed by atoms with E-state index in [2.05, 4.69) is 19.6 Å². The summed E-state index contributed by atoms with van der Waals surface area (Å²) in [5.74, 6) is -6.87. The van der Waals surface area contributed by atoms with E-state index in [1.807, 2.05) is 0 Å². The van der Waals surface area contributed by atoms with Crippen LogP contribution in [0.1, 0.15) is 11.5 Å². The first-order valence-electron chi connectivity index (χ1n) is 5.43. The number of aromatic nitrogens is 3. The molecule has 0 fully saturated rings. The molecule has 126 valence electrons. The zero-order valence-electron chi connectivity index (χ0n) is 10.4. The number of rotatable bonds is 2. The molecule has 13 heteroatoms. The largest absolute Gasteiger partial charge is 0.471 e. The molecule has 0 aliphatic carbocycles. The van der Waals surface area contributed by atoms with Crippen molar-refractivity contribution in [3.8, 4) is 11.4 Å². The Morgan fingerprint density at radius 3 is 2.17 bits per heavy atom. The molecule has 0 aromatic carbocycles. The molecule has 0 aliphatic heterocycles. The van der Waals surface area contributed by atoms with Crippen LogP contribution >= 0.6 is 11.6 Å². The van der Waals surface area contributed by atoms with Crippen LogP contribution in [0.3, 0.4) is 0 Å². The normalized spacial score (nSPS) is 13.4. The molecule has 2 heterocycles. The smallest absolute Gasteiger partial charge is 0.355 e. The van der Waals surface area contributed by atoms with E-state index in [-0.39, 0.29) is 0 Å². The predicted octanol–water partition coefficient (Wildman–Crippen LogP) is 2.50. The second-order valence-electron chi connectivity index (χ2n) is 4.15. The van der Waals surface area contributed by atoms with Crippen LogP contribution < -0.4 is 0 Å². The Kier molecular flexibility index (Phi) is 4.03. The molecule has 0 amide bonds. The Bertz CT molecular complexity index is 727. The molecule has 23 heavy (non-hydrogen) atoms. The van der Waals surface area contributed by atoms with Crippen LogP contribution in [0, 0.1) is 0 Å². The zero-order chi connectivity index (χ0) is 17.6. The predicted molar refractivity (Wildman–Crippen MR) is 59.7 cm³/mol. The van der Waals surface area contributed by atoms with Gasteiger partial charge >= 0.3 is 18.2 Å². The molecule has 2 rings (SSSR count). The Morgan fingerprint density at radius 1 is 1.09 bits per heavy atom. The van der Waals surface area contributed by atoms with Gasteiger partial charge in [-0.15, -0.1) is 0 Å². The molecule has 0 bridgehead atoms. The van der Waals surface area contributed by atoms with Gasteiger partial charge in [-0.25, -0.2) is 4.98 Å². The zero-order valence-corrected chi connectivity index (χ0v) is 11.2. The summed E-state index contributed by atoms with van der Waals surface area (Å²) in [5.41, 5.74) is -1.80. The molecule has 2 aromatic heterocycles. The number of hydrogen-bond donors (Lipinski definition) is 2. The number of nitrogens with zero attached hydrogens (tertiary/aromatic N) is 3. The lowest BCUT2D eigenvalue weighted by molar-refractivity contribution is -0.358. The number of hydrogen-bond acceptors (Lipinski definition) is 6. The van der Waals surface area contributed by atoms with Crippen molar-refractivity contribution in [3.05, 3.63) is 28.9 Å². The van der Waals surface area contributed by atoms with Gasteiger partial charge in [-0.2, -0.15) is 31.3 Å². The van der Waals surface area contributed by atoms with Gasteiger partial charge in [0, 0.05) is 11.8 Å². The van der Waals surface area contributed by atoms with Gasteiger partial charge in [-0.1, -0.05) is 16.8 Å². The monoisotopic (exact) mass is 363 g/mol. The van der Waals surface area contributed by atoms with Gasteiger partial charge in [0.05, 0.1) is 5.56 Å². The summed E-state index contributed by atoms with van der Waals surface area (Å²) in [4.78, 5) is 6.19. The van der Waals surface area contributed by atoms with Crippen molar-refractivity contribution in [1.82, 2.24) is 15.1 Å². The average Bonchev–Trinajstić information content (AvgIpc) is 2.87. The van der Waals surface area contributed by atoms with Gasteiger partial charge in [-0.05, 0) is 6.07 Å². The molecular formula is C10H4ClF6N3O3. The van der Waals surface area contributed by atoms with Gasteiger partial charge in [0.15, 0.2) is 0 Å². The second-order valence-corrected chi connectivity index (χ2v) is 4.51. The van der Waals surface area contributed by atoms with Crippen LogP contribution in [-0.2, 0) is 12.0 Å². The van der Waals surface area contributed by atoms with Crippen molar-refractivity contribution < 1.29 is 41.1 Å². The number of halogens is 7. The molecule has 6 nitrogen and oxygen atoms in total. The van der Waals surface area contributed by atoms with Crippen molar-refractivity contribution in [2.75, 3.05) is 0 Å². The lowest BCUT2D eigenvalue weighted by Gasteiger charge is -2.25. The van der Waals surface area contributed by atoms with Gasteiger partial charge in [0.2, 0.25) is 5.82 Å². The van der Waals surface area contributed by atoms with Crippen LogP contribution in [-0.4, -0.2) is 31.5 Å². The first-order valence-corrected chi connectivity index (χ1v) is 5.80. The van der Waals surface area contributed by atoms with Crippen molar-refractivity contribution in [2.45, 2.75) is 18.1 Å². The van der Waals surface area contributed by atoms with E-state index >= 15 is 0 Å². The van der Waals surface area contributed by atoms with Gasteiger partial charge in [-0.3, -0.25) is 0 Å². The maximum atomic E-state index is 12.6. The summed E-state index contributed by atoms with van der Waals surface area (Å²) in [6, 6.07) is 0.438. The highest BCUT2D eigenvalue weighted by Gasteiger charge is 2.55. The third kappa shape index (κ3) is 3.23. The maximum Gasteiger partial charge on any atom is 0.471 e. The Hall–Kier alpha value is -1.92. The van der Waals surface area contributed by atoms with E-state index in [0.717, 1.165) is 6.20 Å². The van der Waals surface area contributed by atoms with E-state index < -0.39 is 46.1 Å². The highest BCUT2D eigenvalue weighted by molar-refractivity contribution is 6.30. The molecule has 0 saturated heterocycles. The van der Waals surface area contributed by atoms with E-state index in [9.17, 15) is 36.6 Å². The van der Waals surface area contributed by atoms with E-state index in [1.165, 1.54) is 0 Å². The second kappa shape index (κ2) is 5.32. The molecule has 2 aromatic rings. The van der Waals surface area contributed by atoms with Crippen LogP contribution in [0.5, 0.6) is 0 Å². The topological polar surface area (TPSA) is 92.3 Å². The first-order chi connectivity index (χ1) is 10.3. The SMILES string of the molecule is OC(O)(c1cc(-c2noc(C(F)(F)F)n2)cnc1Cl)C(F)(F)F. The summed E-state index contributed by atoms with van der Waals surface area (Å²) >= 11 is 5.38. The average molecular weight is 364 g/mol. The van der Waals surface area contributed by atoms with E-state index in [4.69, 9.17) is 11.6 Å². The van der Waals surface area contributed by atoms with Crippen molar-refractivity contribution in [1.29, 1.82) is 0 Å². The quantitative estimate of drug-likeness (QED) is 0.484. The Morgan fingerprint density at radius 2 is 1.70 bits per heavy atom. The first kappa shape index (κ1) is 17.4. The molecule has 2 N–H and O–H groups in total. The summed E-state index contributed by atoms with van der Waals surface area (Å²) in [7, 11) is 0. The minimum atomic E-state index is -5.54. The molecular weight excluding hydrogens is 360 g/mol. The molecule has 0 radical (unpaired) electrons. The van der Waals surface area contributed by atoms with Crippen LogP contribution in [0.2, 0.25) is 5.15 Å². The highest BCUT2D eigenvalue weighted by atomic mass is 35.5. The van der Waals surface area contributed by atoms with Crippen molar-refractivity contribution >= 4 is 11.6 Å². The Balaban J connectivity index is 2.52. The maximum absolute atomic E-state index is 12.6. The fourth-order valence-corrected chi connectivity index (χ4v) is 1.66. The summed E-state index contributed by atoms with van der Waals surface area (Å²) in [5, 5.41) is 20.4. The third-order valence-corrected chi connectivity index (χ3v) is 2.84. The summed E-state index contributed by atoms with van der Waals surface area (Å²) in [6.45, 7) is 0. The molecule has 0 aliphatic rings. The summed E-state index contributed by atoms with van der Waals surface area (Å²) < 4.78 is 78.8. The highest BCUT2D eigenvalue weighted by Crippen LogP contribution is 2.40. The standard InChI is InChI=1S/C10H4ClF6N3O3/c11-5-4(8(21,22)10(15,16)17)1-3(2-18-5)6-19-7(23-20-6)9(12,13)14/h1-2,21-22H. The lowest BCUT2D eigenvalue weighted by atomic mass is 10.1. The molecule has 0 spiro atoms. The Labute approximate surface area is 127 Å². The fraction of sp³-hybridized carbons (Fsp3) is 0.300. The number of alkyl halides is 6. The van der Waals surface area contributed by atoms with Crippen LogP contribution in [0.4, 0.5) is 26.3 Å². The molecule has 0 atom stereocenters. The van der Waals surface area contributed by atoms with E-state index in [0.29, 0.717) is 6.07 Å². The minimum absolute atomic E-state index is 0.438. The lowest BCUT2D eigenvalue weighted by Crippen LogP contribution is -2.42. The molecule has 0 saturated carbocycles. The van der Waals surface area contributed by atoms with Gasteiger partial charge in [0.25, 0.3) is 5.79 Å². The van der Waals surface area contributed by atoms with Crippen LogP contribution in [0.25, 0.3) is 11.4 Å². The van der Waals surface area contributed by atoms with E-state index in [1.54, 1.807) is 0 Å². The third-order valence-electron chi connectivity index (χ3n) is 2.54. The van der Waals surface area contributed by atoms with Crippen LogP contribution in [0.15, 0.2) is 16.8 Å².